The normalized spacial score (nSPS) is 18.8. The average molecular weight is 264 g/mol. The zero-order valence-corrected chi connectivity index (χ0v) is 10.8. The van der Waals surface area contributed by atoms with Gasteiger partial charge in [-0.25, -0.2) is 0 Å². The molecule has 2 N–H and O–H groups in total. The van der Waals surface area contributed by atoms with E-state index in [1.165, 1.54) is 0 Å². The second-order valence-electron chi connectivity index (χ2n) is 5.18. The van der Waals surface area contributed by atoms with E-state index >= 15 is 0 Å². The van der Waals surface area contributed by atoms with E-state index in [-0.39, 0.29) is 11.7 Å². The van der Waals surface area contributed by atoms with Gasteiger partial charge in [0, 0.05) is 10.4 Å². The first-order valence-corrected chi connectivity index (χ1v) is 6.39. The summed E-state index contributed by atoms with van der Waals surface area (Å²) in [6.45, 7) is 1.78. The van der Waals surface area contributed by atoms with Gasteiger partial charge in [0.25, 0.3) is 0 Å². The van der Waals surface area contributed by atoms with Crippen molar-refractivity contribution in [2.45, 2.75) is 25.3 Å². The molecule has 1 unspecified atom stereocenters. The average Bonchev–Trinajstić information content (AvgIpc) is 3.09. The van der Waals surface area contributed by atoms with Crippen LogP contribution in [-0.2, 0) is 0 Å². The standard InChI is InChI=1S/C14H14ClNO2/c1-14(16,9-2-3-9)13(17)12-7-8-6-10(15)4-5-11(8)18-12/h4-7,9H,2-3,16H2,1H3. The first-order valence-electron chi connectivity index (χ1n) is 6.01. The van der Waals surface area contributed by atoms with E-state index in [4.69, 9.17) is 21.8 Å². The fourth-order valence-corrected chi connectivity index (χ4v) is 2.44. The molecule has 18 heavy (non-hydrogen) atoms. The van der Waals surface area contributed by atoms with Crippen LogP contribution in [0.1, 0.15) is 30.3 Å². The Hall–Kier alpha value is -1.32. The highest BCUT2D eigenvalue weighted by molar-refractivity contribution is 6.31. The summed E-state index contributed by atoms with van der Waals surface area (Å²) in [5, 5.41) is 1.46. The lowest BCUT2D eigenvalue weighted by atomic mass is 9.90. The molecule has 1 aliphatic carbocycles. The summed E-state index contributed by atoms with van der Waals surface area (Å²) in [6.07, 6.45) is 2.04. The van der Waals surface area contributed by atoms with Gasteiger partial charge in [-0.1, -0.05) is 11.6 Å². The van der Waals surface area contributed by atoms with E-state index < -0.39 is 5.54 Å². The van der Waals surface area contributed by atoms with Crippen molar-refractivity contribution in [3.8, 4) is 0 Å². The van der Waals surface area contributed by atoms with E-state index in [0.717, 1.165) is 18.2 Å². The Kier molecular flexibility index (Phi) is 2.50. The number of benzene rings is 1. The van der Waals surface area contributed by atoms with E-state index in [0.29, 0.717) is 16.4 Å². The number of rotatable bonds is 3. The second kappa shape index (κ2) is 3.84. The van der Waals surface area contributed by atoms with E-state index in [9.17, 15) is 4.79 Å². The summed E-state index contributed by atoms with van der Waals surface area (Å²) in [6, 6.07) is 7.00. The molecule has 0 amide bonds. The Labute approximate surface area is 110 Å². The molecular formula is C14H14ClNO2. The van der Waals surface area contributed by atoms with Crippen molar-refractivity contribution in [1.29, 1.82) is 0 Å². The third-order valence-corrected chi connectivity index (χ3v) is 3.85. The van der Waals surface area contributed by atoms with Gasteiger partial charge >= 0.3 is 0 Å². The fourth-order valence-electron chi connectivity index (χ4n) is 2.26. The molecule has 1 heterocycles. The van der Waals surface area contributed by atoms with Crippen LogP contribution in [0, 0.1) is 5.92 Å². The molecule has 1 saturated carbocycles. The first-order chi connectivity index (χ1) is 8.48. The number of hydrogen-bond donors (Lipinski definition) is 1. The van der Waals surface area contributed by atoms with Crippen molar-refractivity contribution < 1.29 is 9.21 Å². The van der Waals surface area contributed by atoms with Crippen LogP contribution in [0.15, 0.2) is 28.7 Å². The SMILES string of the molecule is CC(N)(C(=O)c1cc2cc(Cl)ccc2o1)C1CC1. The molecule has 3 nitrogen and oxygen atoms in total. The second-order valence-corrected chi connectivity index (χ2v) is 5.62. The molecule has 0 saturated heterocycles. The Morgan fingerprint density at radius 2 is 2.17 bits per heavy atom. The number of fused-ring (bicyclic) bond motifs is 1. The Balaban J connectivity index is 2.01. The maximum absolute atomic E-state index is 12.4. The van der Waals surface area contributed by atoms with Crippen LogP contribution in [0.25, 0.3) is 11.0 Å². The molecule has 0 bridgehead atoms. The zero-order valence-electron chi connectivity index (χ0n) is 10.1. The molecule has 1 atom stereocenters. The maximum Gasteiger partial charge on any atom is 0.217 e. The molecule has 1 aromatic carbocycles. The van der Waals surface area contributed by atoms with Crippen LogP contribution in [0.2, 0.25) is 5.02 Å². The highest BCUT2D eigenvalue weighted by atomic mass is 35.5. The predicted octanol–water partition coefficient (Wildman–Crippen LogP) is 3.40. The molecular weight excluding hydrogens is 250 g/mol. The number of carbonyl (C=O) groups is 1. The molecule has 0 radical (unpaired) electrons. The molecule has 94 valence electrons. The largest absolute Gasteiger partial charge is 0.453 e. The highest BCUT2D eigenvalue weighted by Crippen LogP contribution is 2.40. The number of carbonyl (C=O) groups excluding carboxylic acids is 1. The molecule has 4 heteroatoms. The minimum atomic E-state index is -0.822. The summed E-state index contributed by atoms with van der Waals surface area (Å²) in [5.41, 5.74) is 5.95. The molecule has 2 aromatic rings. The lowest BCUT2D eigenvalue weighted by molar-refractivity contribution is 0.0856. The van der Waals surface area contributed by atoms with Gasteiger partial charge in [0.15, 0.2) is 5.76 Å². The van der Waals surface area contributed by atoms with Gasteiger partial charge in [-0.05, 0) is 49.9 Å². The van der Waals surface area contributed by atoms with Crippen molar-refractivity contribution in [3.63, 3.8) is 0 Å². The van der Waals surface area contributed by atoms with E-state index in [1.807, 2.05) is 0 Å². The van der Waals surface area contributed by atoms with Crippen molar-refractivity contribution in [2.75, 3.05) is 0 Å². The summed E-state index contributed by atoms with van der Waals surface area (Å²) in [4.78, 5) is 12.4. The molecule has 0 aliphatic heterocycles. The maximum atomic E-state index is 12.4. The van der Waals surface area contributed by atoms with Gasteiger partial charge in [-0.15, -0.1) is 0 Å². The fraction of sp³-hybridized carbons (Fsp3) is 0.357. The molecule has 0 spiro atoms. The molecule has 1 fully saturated rings. The molecule has 1 aliphatic rings. The predicted molar refractivity (Wildman–Crippen MR) is 70.9 cm³/mol. The minimum absolute atomic E-state index is 0.127. The number of ketones is 1. The summed E-state index contributed by atoms with van der Waals surface area (Å²) >= 11 is 5.91. The van der Waals surface area contributed by atoms with Crippen LogP contribution < -0.4 is 5.73 Å². The van der Waals surface area contributed by atoms with Crippen LogP contribution in [0.5, 0.6) is 0 Å². The van der Waals surface area contributed by atoms with Gasteiger partial charge in [-0.2, -0.15) is 0 Å². The number of Topliss-reactive ketones (excluding diaryl/α,β-unsaturated/α-hetero) is 1. The van der Waals surface area contributed by atoms with E-state index in [1.54, 1.807) is 31.2 Å². The van der Waals surface area contributed by atoms with Gasteiger partial charge in [-0.3, -0.25) is 4.79 Å². The topological polar surface area (TPSA) is 56.2 Å². The number of furan rings is 1. The summed E-state index contributed by atoms with van der Waals surface area (Å²) in [5.74, 6) is 0.475. The Bertz CT molecular complexity index is 626. The van der Waals surface area contributed by atoms with Gasteiger partial charge in [0.2, 0.25) is 5.78 Å². The van der Waals surface area contributed by atoms with Gasteiger partial charge < -0.3 is 10.2 Å². The Morgan fingerprint density at radius 3 is 2.83 bits per heavy atom. The zero-order chi connectivity index (χ0) is 12.9. The number of nitrogens with two attached hydrogens (primary N) is 1. The number of hydrogen-bond acceptors (Lipinski definition) is 3. The smallest absolute Gasteiger partial charge is 0.217 e. The molecule has 1 aromatic heterocycles. The van der Waals surface area contributed by atoms with Gasteiger partial charge in [0.1, 0.15) is 5.58 Å². The molecule has 3 rings (SSSR count). The van der Waals surface area contributed by atoms with Crippen molar-refractivity contribution in [2.24, 2.45) is 11.7 Å². The first kappa shape index (κ1) is 11.8. The third kappa shape index (κ3) is 1.84. The lowest BCUT2D eigenvalue weighted by Gasteiger charge is -2.20. The van der Waals surface area contributed by atoms with Gasteiger partial charge in [0.05, 0.1) is 5.54 Å². The monoisotopic (exact) mass is 263 g/mol. The van der Waals surface area contributed by atoms with Crippen molar-refractivity contribution in [3.05, 3.63) is 35.0 Å². The Morgan fingerprint density at radius 1 is 1.44 bits per heavy atom. The number of halogens is 1. The van der Waals surface area contributed by atoms with Crippen molar-refractivity contribution >= 4 is 28.4 Å². The quantitative estimate of drug-likeness (QED) is 0.864. The van der Waals surface area contributed by atoms with Crippen LogP contribution in [-0.4, -0.2) is 11.3 Å². The highest BCUT2D eigenvalue weighted by Gasteiger charge is 2.45. The summed E-state index contributed by atoms with van der Waals surface area (Å²) in [7, 11) is 0. The minimum Gasteiger partial charge on any atom is -0.453 e. The van der Waals surface area contributed by atoms with Crippen LogP contribution in [0.3, 0.4) is 0 Å². The van der Waals surface area contributed by atoms with Crippen LogP contribution >= 0.6 is 11.6 Å². The third-order valence-electron chi connectivity index (χ3n) is 3.62. The van der Waals surface area contributed by atoms with Crippen molar-refractivity contribution in [1.82, 2.24) is 0 Å². The van der Waals surface area contributed by atoms with E-state index in [2.05, 4.69) is 0 Å². The lowest BCUT2D eigenvalue weighted by Crippen LogP contribution is -2.46. The summed E-state index contributed by atoms with van der Waals surface area (Å²) < 4.78 is 5.56. The van der Waals surface area contributed by atoms with Crippen LogP contribution in [0.4, 0.5) is 0 Å².